The Morgan fingerprint density at radius 2 is 1.86 bits per heavy atom. The molecule has 0 aliphatic rings. The van der Waals surface area contributed by atoms with Crippen molar-refractivity contribution < 1.29 is 9.21 Å². The van der Waals surface area contributed by atoms with Crippen LogP contribution in [0.15, 0.2) is 59.0 Å². The van der Waals surface area contributed by atoms with Gasteiger partial charge >= 0.3 is 0 Å². The van der Waals surface area contributed by atoms with E-state index in [9.17, 15) is 4.79 Å². The number of benzene rings is 2. The zero-order chi connectivity index (χ0) is 14.8. The number of carbonyl (C=O) groups is 1. The van der Waals surface area contributed by atoms with Crippen molar-refractivity contribution in [3.05, 3.63) is 65.9 Å². The summed E-state index contributed by atoms with van der Waals surface area (Å²) in [6.45, 7) is 4.56. The minimum absolute atomic E-state index is 0.113. The summed E-state index contributed by atoms with van der Waals surface area (Å²) in [6.07, 6.45) is 0. The van der Waals surface area contributed by atoms with Gasteiger partial charge in [0, 0.05) is 17.6 Å². The summed E-state index contributed by atoms with van der Waals surface area (Å²) < 4.78 is 5.72. The quantitative estimate of drug-likeness (QED) is 0.711. The lowest BCUT2D eigenvalue weighted by Crippen LogP contribution is -2.30. The fourth-order valence-corrected chi connectivity index (χ4v) is 2.43. The molecule has 0 radical (unpaired) electrons. The summed E-state index contributed by atoms with van der Waals surface area (Å²) in [5.41, 5.74) is 2.75. The van der Waals surface area contributed by atoms with E-state index in [4.69, 9.17) is 4.42 Å². The van der Waals surface area contributed by atoms with Gasteiger partial charge in [0.15, 0.2) is 5.76 Å². The summed E-state index contributed by atoms with van der Waals surface area (Å²) in [4.78, 5) is 14.4. The molecular formula is C18H17NO2. The van der Waals surface area contributed by atoms with E-state index in [2.05, 4.69) is 0 Å². The number of anilines is 1. The van der Waals surface area contributed by atoms with E-state index in [0.29, 0.717) is 12.3 Å². The van der Waals surface area contributed by atoms with Crippen molar-refractivity contribution in [1.29, 1.82) is 0 Å². The molecule has 0 bridgehead atoms. The normalized spacial score (nSPS) is 10.8. The SMILES string of the molecule is CCN(C(=O)c1cc2ccc(C)cc2o1)c1ccccc1. The molecular weight excluding hydrogens is 262 g/mol. The first-order chi connectivity index (χ1) is 10.2. The number of carbonyl (C=O) groups excluding carboxylic acids is 1. The van der Waals surface area contributed by atoms with Crippen molar-refractivity contribution in [3.63, 3.8) is 0 Å². The molecule has 3 aromatic rings. The molecule has 3 nitrogen and oxygen atoms in total. The van der Waals surface area contributed by atoms with E-state index >= 15 is 0 Å². The van der Waals surface area contributed by atoms with Gasteiger partial charge in [0.25, 0.3) is 5.91 Å². The van der Waals surface area contributed by atoms with Crippen molar-refractivity contribution in [1.82, 2.24) is 0 Å². The second kappa shape index (κ2) is 5.44. The van der Waals surface area contributed by atoms with E-state index in [1.807, 2.05) is 68.4 Å². The van der Waals surface area contributed by atoms with Crippen molar-refractivity contribution in [2.45, 2.75) is 13.8 Å². The van der Waals surface area contributed by atoms with Gasteiger partial charge < -0.3 is 9.32 Å². The summed E-state index contributed by atoms with van der Waals surface area (Å²) >= 11 is 0. The molecule has 0 aliphatic heterocycles. The van der Waals surface area contributed by atoms with Gasteiger partial charge in [-0.3, -0.25) is 4.79 Å². The third kappa shape index (κ3) is 2.55. The van der Waals surface area contributed by atoms with Gasteiger partial charge in [0.05, 0.1) is 0 Å². The van der Waals surface area contributed by atoms with Crippen LogP contribution in [-0.4, -0.2) is 12.5 Å². The fraction of sp³-hybridized carbons (Fsp3) is 0.167. The predicted molar refractivity (Wildman–Crippen MR) is 84.7 cm³/mol. The lowest BCUT2D eigenvalue weighted by Gasteiger charge is -2.19. The van der Waals surface area contributed by atoms with Crippen molar-refractivity contribution in [2.24, 2.45) is 0 Å². The van der Waals surface area contributed by atoms with Gasteiger partial charge in [0.2, 0.25) is 0 Å². The van der Waals surface area contributed by atoms with E-state index in [1.54, 1.807) is 4.90 Å². The minimum Gasteiger partial charge on any atom is -0.451 e. The van der Waals surface area contributed by atoms with Gasteiger partial charge in [0.1, 0.15) is 5.58 Å². The molecule has 0 aliphatic carbocycles. The molecule has 0 atom stereocenters. The van der Waals surface area contributed by atoms with Crippen molar-refractivity contribution in [2.75, 3.05) is 11.4 Å². The Balaban J connectivity index is 1.98. The van der Waals surface area contributed by atoms with Crippen LogP contribution in [0.2, 0.25) is 0 Å². The molecule has 1 aromatic heterocycles. The fourth-order valence-electron chi connectivity index (χ4n) is 2.43. The Kier molecular flexibility index (Phi) is 3.48. The van der Waals surface area contributed by atoms with Crippen LogP contribution in [0.5, 0.6) is 0 Å². The monoisotopic (exact) mass is 279 g/mol. The molecule has 0 N–H and O–H groups in total. The van der Waals surface area contributed by atoms with Crippen LogP contribution in [0.4, 0.5) is 5.69 Å². The number of furan rings is 1. The van der Waals surface area contributed by atoms with Crippen LogP contribution in [0.25, 0.3) is 11.0 Å². The molecule has 21 heavy (non-hydrogen) atoms. The van der Waals surface area contributed by atoms with Gasteiger partial charge in [-0.05, 0) is 43.7 Å². The smallest absolute Gasteiger partial charge is 0.294 e. The lowest BCUT2D eigenvalue weighted by molar-refractivity contribution is 0.0964. The second-order valence-electron chi connectivity index (χ2n) is 5.04. The summed E-state index contributed by atoms with van der Waals surface area (Å²) in [7, 11) is 0. The third-order valence-corrected chi connectivity index (χ3v) is 3.52. The van der Waals surface area contributed by atoms with Crippen molar-refractivity contribution in [3.8, 4) is 0 Å². The van der Waals surface area contributed by atoms with E-state index < -0.39 is 0 Å². The lowest BCUT2D eigenvalue weighted by atomic mass is 10.2. The van der Waals surface area contributed by atoms with Crippen LogP contribution in [-0.2, 0) is 0 Å². The topological polar surface area (TPSA) is 33.5 Å². The van der Waals surface area contributed by atoms with Gasteiger partial charge in [-0.15, -0.1) is 0 Å². The zero-order valence-corrected chi connectivity index (χ0v) is 12.2. The number of para-hydroxylation sites is 1. The van der Waals surface area contributed by atoms with Crippen molar-refractivity contribution >= 4 is 22.6 Å². The second-order valence-corrected chi connectivity index (χ2v) is 5.04. The summed E-state index contributed by atoms with van der Waals surface area (Å²) in [5, 5.41) is 0.952. The van der Waals surface area contributed by atoms with Crippen LogP contribution in [0.1, 0.15) is 23.0 Å². The van der Waals surface area contributed by atoms with Gasteiger partial charge in [-0.2, -0.15) is 0 Å². The molecule has 1 heterocycles. The number of hydrogen-bond donors (Lipinski definition) is 0. The highest BCUT2D eigenvalue weighted by molar-refractivity contribution is 6.06. The predicted octanol–water partition coefficient (Wildman–Crippen LogP) is 4.41. The first kappa shape index (κ1) is 13.4. The highest BCUT2D eigenvalue weighted by Crippen LogP contribution is 2.23. The maximum atomic E-state index is 12.7. The zero-order valence-electron chi connectivity index (χ0n) is 12.2. The average Bonchev–Trinajstić information content (AvgIpc) is 2.92. The molecule has 2 aromatic carbocycles. The number of amides is 1. The number of nitrogens with zero attached hydrogens (tertiary/aromatic N) is 1. The van der Waals surface area contributed by atoms with E-state index in [-0.39, 0.29) is 5.91 Å². The molecule has 0 spiro atoms. The van der Waals surface area contributed by atoms with Gasteiger partial charge in [-0.25, -0.2) is 0 Å². The highest BCUT2D eigenvalue weighted by atomic mass is 16.3. The molecule has 0 fully saturated rings. The first-order valence-corrected chi connectivity index (χ1v) is 7.06. The summed E-state index contributed by atoms with van der Waals surface area (Å²) in [5.74, 6) is 0.263. The molecule has 106 valence electrons. The standard InChI is InChI=1S/C18H17NO2/c1-3-19(15-7-5-4-6-8-15)18(20)17-12-14-10-9-13(2)11-16(14)21-17/h4-12H,3H2,1-2H3. The Hall–Kier alpha value is -2.55. The first-order valence-electron chi connectivity index (χ1n) is 7.06. The van der Waals surface area contributed by atoms with Gasteiger partial charge in [-0.1, -0.05) is 30.3 Å². The Morgan fingerprint density at radius 3 is 2.57 bits per heavy atom. The van der Waals surface area contributed by atoms with Crippen LogP contribution >= 0.6 is 0 Å². The molecule has 0 saturated carbocycles. The number of aryl methyl sites for hydroxylation is 1. The molecule has 0 unspecified atom stereocenters. The largest absolute Gasteiger partial charge is 0.451 e. The Bertz CT molecular complexity index is 774. The molecule has 3 heteroatoms. The number of rotatable bonds is 3. The summed E-state index contributed by atoms with van der Waals surface area (Å²) in [6, 6.07) is 17.4. The van der Waals surface area contributed by atoms with Crippen LogP contribution in [0.3, 0.4) is 0 Å². The highest BCUT2D eigenvalue weighted by Gasteiger charge is 2.19. The third-order valence-electron chi connectivity index (χ3n) is 3.52. The Morgan fingerprint density at radius 1 is 1.10 bits per heavy atom. The van der Waals surface area contributed by atoms with E-state index in [1.165, 1.54) is 0 Å². The maximum absolute atomic E-state index is 12.7. The van der Waals surface area contributed by atoms with Crippen LogP contribution in [0, 0.1) is 6.92 Å². The Labute approximate surface area is 123 Å². The number of hydrogen-bond acceptors (Lipinski definition) is 2. The van der Waals surface area contributed by atoms with E-state index in [0.717, 1.165) is 22.2 Å². The number of fused-ring (bicyclic) bond motifs is 1. The maximum Gasteiger partial charge on any atom is 0.294 e. The molecule has 3 rings (SSSR count). The molecule has 0 saturated heterocycles. The molecule has 1 amide bonds. The van der Waals surface area contributed by atoms with Crippen LogP contribution < -0.4 is 4.90 Å². The average molecular weight is 279 g/mol. The minimum atomic E-state index is -0.113.